The van der Waals surface area contributed by atoms with Gasteiger partial charge in [-0.05, 0) is 32.0 Å². The Morgan fingerprint density at radius 3 is 2.52 bits per heavy atom. The number of nitrogens with one attached hydrogen (secondary N) is 1. The second-order valence-corrected chi connectivity index (χ2v) is 7.83. The summed E-state index contributed by atoms with van der Waals surface area (Å²) in [5.74, 6) is 1.12. The van der Waals surface area contributed by atoms with Crippen LogP contribution in [-0.2, 0) is 9.59 Å². The third-order valence-electron chi connectivity index (χ3n) is 5.65. The zero-order chi connectivity index (χ0) is 19.4. The van der Waals surface area contributed by atoms with Crippen molar-refractivity contribution in [3.05, 3.63) is 23.4 Å². The van der Waals surface area contributed by atoms with E-state index in [1.54, 1.807) is 6.20 Å². The summed E-state index contributed by atoms with van der Waals surface area (Å²) >= 11 is 5.90. The summed E-state index contributed by atoms with van der Waals surface area (Å²) in [7, 11) is 2.06. The van der Waals surface area contributed by atoms with Gasteiger partial charge in [-0.15, -0.1) is 0 Å². The van der Waals surface area contributed by atoms with Gasteiger partial charge in [0.1, 0.15) is 5.82 Å². The number of hydrogen-bond donors (Lipinski definition) is 1. The number of carbonyl (C=O) groups is 2. The normalized spacial score (nSPS) is 23.5. The summed E-state index contributed by atoms with van der Waals surface area (Å²) < 4.78 is 0. The van der Waals surface area contributed by atoms with Crippen molar-refractivity contribution in [3.8, 4) is 0 Å². The lowest BCUT2D eigenvalue weighted by atomic mass is 10.1. The Balaban J connectivity index is 1.45. The molecule has 3 heterocycles. The average Bonchev–Trinajstić information content (AvgIpc) is 3.00. The van der Waals surface area contributed by atoms with E-state index in [1.165, 1.54) is 6.92 Å². The molecule has 0 aromatic carbocycles. The van der Waals surface area contributed by atoms with E-state index in [1.807, 2.05) is 17.0 Å². The molecule has 0 bridgehead atoms. The van der Waals surface area contributed by atoms with Crippen LogP contribution in [0, 0.1) is 0 Å². The quantitative estimate of drug-likeness (QED) is 0.818. The van der Waals surface area contributed by atoms with Gasteiger partial charge in [-0.2, -0.15) is 0 Å². The highest BCUT2D eigenvalue weighted by atomic mass is 35.5. The van der Waals surface area contributed by atoms with Gasteiger partial charge in [0.15, 0.2) is 0 Å². The smallest absolute Gasteiger partial charge is 0.224 e. The average molecular weight is 394 g/mol. The molecule has 2 fully saturated rings. The summed E-state index contributed by atoms with van der Waals surface area (Å²) in [6.45, 7) is 5.19. The Morgan fingerprint density at radius 1 is 1.19 bits per heavy atom. The standard InChI is InChI=1S/C19H28ClN5O2/c1-14(26)21-13-17-5-4-16(23(17)2)11-19(27)25-9-7-24(8-10-25)18-6-3-15(20)12-22-18/h3,6,12,16-17H,4-5,7-11,13H2,1-2H3,(H,21,26)/t16-,17+/m0/s1. The number of nitrogens with zero attached hydrogens (tertiary/aromatic N) is 4. The van der Waals surface area contributed by atoms with Crippen molar-refractivity contribution in [2.45, 2.75) is 38.3 Å². The van der Waals surface area contributed by atoms with Crippen molar-refractivity contribution in [2.75, 3.05) is 44.7 Å². The summed E-state index contributed by atoms with van der Waals surface area (Å²) in [5.41, 5.74) is 0. The highest BCUT2D eigenvalue weighted by Gasteiger charge is 2.33. The molecular formula is C19H28ClN5O2. The van der Waals surface area contributed by atoms with Crippen LogP contribution in [0.5, 0.6) is 0 Å². The van der Waals surface area contributed by atoms with Gasteiger partial charge in [0.05, 0.1) is 5.02 Å². The van der Waals surface area contributed by atoms with E-state index in [-0.39, 0.29) is 17.9 Å². The van der Waals surface area contributed by atoms with Crippen molar-refractivity contribution >= 4 is 29.2 Å². The summed E-state index contributed by atoms with van der Waals surface area (Å²) in [5, 5.41) is 3.51. The van der Waals surface area contributed by atoms with E-state index < -0.39 is 0 Å². The van der Waals surface area contributed by atoms with Crippen LogP contribution in [0.1, 0.15) is 26.2 Å². The van der Waals surface area contributed by atoms with Crippen molar-refractivity contribution in [3.63, 3.8) is 0 Å². The molecule has 2 aliphatic heterocycles. The Labute approximate surface area is 165 Å². The lowest BCUT2D eigenvalue weighted by Crippen LogP contribution is -2.50. The summed E-state index contributed by atoms with van der Waals surface area (Å²) in [6.07, 6.45) is 4.22. The van der Waals surface area contributed by atoms with Crippen molar-refractivity contribution in [1.82, 2.24) is 20.1 Å². The van der Waals surface area contributed by atoms with E-state index in [0.717, 1.165) is 44.8 Å². The Hall–Kier alpha value is -1.86. The first-order chi connectivity index (χ1) is 12.9. The number of pyridine rings is 1. The minimum absolute atomic E-state index is 0.00373. The minimum atomic E-state index is -0.00373. The summed E-state index contributed by atoms with van der Waals surface area (Å²) in [4.78, 5) is 34.6. The number of amides is 2. The fourth-order valence-electron chi connectivity index (χ4n) is 3.91. The molecular weight excluding hydrogens is 366 g/mol. The molecule has 3 rings (SSSR count). The Morgan fingerprint density at radius 2 is 1.89 bits per heavy atom. The molecule has 0 radical (unpaired) electrons. The molecule has 1 aromatic heterocycles. The third kappa shape index (κ3) is 5.11. The lowest BCUT2D eigenvalue weighted by molar-refractivity contribution is -0.132. The molecule has 148 valence electrons. The van der Waals surface area contributed by atoms with E-state index in [2.05, 4.69) is 27.1 Å². The van der Waals surface area contributed by atoms with E-state index >= 15 is 0 Å². The van der Waals surface area contributed by atoms with Gasteiger partial charge >= 0.3 is 0 Å². The third-order valence-corrected chi connectivity index (χ3v) is 5.87. The highest BCUT2D eigenvalue weighted by Crippen LogP contribution is 2.25. The number of halogens is 1. The minimum Gasteiger partial charge on any atom is -0.355 e. The zero-order valence-electron chi connectivity index (χ0n) is 16.0. The maximum absolute atomic E-state index is 12.7. The molecule has 0 aliphatic carbocycles. The lowest BCUT2D eigenvalue weighted by Gasteiger charge is -2.36. The second kappa shape index (κ2) is 8.89. The number of hydrogen-bond acceptors (Lipinski definition) is 5. The fourth-order valence-corrected chi connectivity index (χ4v) is 4.03. The Kier molecular flexibility index (Phi) is 6.55. The topological polar surface area (TPSA) is 68.8 Å². The SMILES string of the molecule is CC(=O)NC[C@H]1CC[C@@H](CC(=O)N2CCN(c3ccc(Cl)cn3)CC2)N1C. The molecule has 0 spiro atoms. The van der Waals surface area contributed by atoms with Crippen LogP contribution in [0.3, 0.4) is 0 Å². The van der Waals surface area contributed by atoms with Crippen molar-refractivity contribution < 1.29 is 9.59 Å². The number of likely N-dealkylation sites (N-methyl/N-ethyl adjacent to an activating group) is 1. The molecule has 2 saturated heterocycles. The summed E-state index contributed by atoms with van der Waals surface area (Å²) in [6, 6.07) is 4.34. The molecule has 27 heavy (non-hydrogen) atoms. The van der Waals surface area contributed by atoms with Gasteiger partial charge in [-0.1, -0.05) is 11.6 Å². The van der Waals surface area contributed by atoms with Gasteiger partial charge in [-0.25, -0.2) is 4.98 Å². The predicted octanol–water partition coefficient (Wildman–Crippen LogP) is 1.37. The number of aromatic nitrogens is 1. The van der Waals surface area contributed by atoms with E-state index in [0.29, 0.717) is 24.0 Å². The van der Waals surface area contributed by atoms with Crippen LogP contribution in [0.15, 0.2) is 18.3 Å². The number of rotatable bonds is 5. The van der Waals surface area contributed by atoms with Gasteiger partial charge in [0, 0.05) is 64.3 Å². The molecule has 1 N–H and O–H groups in total. The van der Waals surface area contributed by atoms with Crippen molar-refractivity contribution in [2.24, 2.45) is 0 Å². The monoisotopic (exact) mass is 393 g/mol. The largest absolute Gasteiger partial charge is 0.355 e. The molecule has 0 saturated carbocycles. The second-order valence-electron chi connectivity index (χ2n) is 7.39. The van der Waals surface area contributed by atoms with E-state index in [4.69, 9.17) is 11.6 Å². The van der Waals surface area contributed by atoms with Gasteiger partial charge in [0.25, 0.3) is 0 Å². The van der Waals surface area contributed by atoms with Crippen molar-refractivity contribution in [1.29, 1.82) is 0 Å². The van der Waals surface area contributed by atoms with Gasteiger partial charge in [0.2, 0.25) is 11.8 Å². The van der Waals surface area contributed by atoms with Crippen LogP contribution in [0.4, 0.5) is 5.82 Å². The molecule has 2 atom stereocenters. The fraction of sp³-hybridized carbons (Fsp3) is 0.632. The van der Waals surface area contributed by atoms with E-state index in [9.17, 15) is 9.59 Å². The Bertz CT molecular complexity index is 661. The first kappa shape index (κ1) is 19.9. The molecule has 7 nitrogen and oxygen atoms in total. The zero-order valence-corrected chi connectivity index (χ0v) is 16.8. The van der Waals surface area contributed by atoms with Crippen LogP contribution < -0.4 is 10.2 Å². The van der Waals surface area contributed by atoms with Gasteiger partial charge < -0.3 is 15.1 Å². The van der Waals surface area contributed by atoms with Crippen LogP contribution in [-0.4, -0.2) is 78.5 Å². The highest BCUT2D eigenvalue weighted by molar-refractivity contribution is 6.30. The molecule has 2 aliphatic rings. The molecule has 8 heteroatoms. The molecule has 1 aromatic rings. The number of anilines is 1. The number of piperazine rings is 1. The molecule has 0 unspecified atom stereocenters. The maximum atomic E-state index is 12.7. The van der Waals surface area contributed by atoms with Crippen LogP contribution in [0.2, 0.25) is 5.02 Å². The van der Waals surface area contributed by atoms with Crippen LogP contribution in [0.25, 0.3) is 0 Å². The first-order valence-corrected chi connectivity index (χ1v) is 9.92. The number of likely N-dealkylation sites (tertiary alicyclic amines) is 1. The number of carbonyl (C=O) groups excluding carboxylic acids is 2. The predicted molar refractivity (Wildman–Crippen MR) is 106 cm³/mol. The maximum Gasteiger partial charge on any atom is 0.224 e. The first-order valence-electron chi connectivity index (χ1n) is 9.54. The van der Waals surface area contributed by atoms with Gasteiger partial charge in [-0.3, -0.25) is 14.5 Å². The van der Waals surface area contributed by atoms with Crippen LogP contribution >= 0.6 is 11.6 Å². The molecule has 2 amide bonds.